The van der Waals surface area contributed by atoms with Crippen molar-refractivity contribution in [3.63, 3.8) is 0 Å². The minimum absolute atomic E-state index is 0.110. The summed E-state index contributed by atoms with van der Waals surface area (Å²) in [5.74, 6) is 0.707. The van der Waals surface area contributed by atoms with Gasteiger partial charge in [-0.2, -0.15) is 0 Å². The molecule has 3 rings (SSSR count). The van der Waals surface area contributed by atoms with Gasteiger partial charge in [0.25, 0.3) is 5.91 Å². The Morgan fingerprint density at radius 2 is 2.14 bits per heavy atom. The van der Waals surface area contributed by atoms with Gasteiger partial charge in [0.2, 0.25) is 0 Å². The zero-order valence-electron chi connectivity index (χ0n) is 12.2. The lowest BCUT2D eigenvalue weighted by molar-refractivity contribution is 0.0950. The fourth-order valence-corrected chi connectivity index (χ4v) is 2.31. The van der Waals surface area contributed by atoms with Crippen LogP contribution >= 0.6 is 0 Å². The van der Waals surface area contributed by atoms with Gasteiger partial charge in [-0.1, -0.05) is 6.07 Å². The lowest BCUT2D eigenvalue weighted by Gasteiger charge is -2.27. The number of hydrogen-bond acceptors (Lipinski definition) is 5. The predicted molar refractivity (Wildman–Crippen MR) is 82.7 cm³/mol. The number of anilines is 1. The fraction of sp³-hybridized carbons (Fsp3) is 0.312. The van der Waals surface area contributed by atoms with Crippen LogP contribution in [0.4, 0.5) is 5.82 Å². The van der Waals surface area contributed by atoms with E-state index in [1.54, 1.807) is 24.7 Å². The van der Waals surface area contributed by atoms with Crippen molar-refractivity contribution in [2.45, 2.75) is 6.54 Å². The van der Waals surface area contributed by atoms with E-state index >= 15 is 0 Å². The SMILES string of the molecule is O=C(NCc1cccnc1)c1ccnc(N2CCOCC2)c1. The Bertz CT molecular complexity index is 627. The highest BCUT2D eigenvalue weighted by Crippen LogP contribution is 2.14. The van der Waals surface area contributed by atoms with Gasteiger partial charge in [-0.25, -0.2) is 4.98 Å². The van der Waals surface area contributed by atoms with Crippen LogP contribution in [0.3, 0.4) is 0 Å². The molecule has 114 valence electrons. The summed E-state index contributed by atoms with van der Waals surface area (Å²) >= 11 is 0. The van der Waals surface area contributed by atoms with Gasteiger partial charge in [-0.3, -0.25) is 9.78 Å². The van der Waals surface area contributed by atoms with Crippen molar-refractivity contribution < 1.29 is 9.53 Å². The predicted octanol–water partition coefficient (Wildman–Crippen LogP) is 1.24. The molecule has 0 aliphatic carbocycles. The molecule has 1 aliphatic rings. The molecule has 1 fully saturated rings. The smallest absolute Gasteiger partial charge is 0.251 e. The van der Waals surface area contributed by atoms with Gasteiger partial charge < -0.3 is 15.0 Å². The molecule has 2 aromatic heterocycles. The number of nitrogens with zero attached hydrogens (tertiary/aromatic N) is 3. The number of aromatic nitrogens is 2. The fourth-order valence-electron chi connectivity index (χ4n) is 2.31. The summed E-state index contributed by atoms with van der Waals surface area (Å²) in [5, 5.41) is 2.90. The molecular formula is C16H18N4O2. The number of pyridine rings is 2. The highest BCUT2D eigenvalue weighted by molar-refractivity contribution is 5.94. The van der Waals surface area contributed by atoms with E-state index in [0.717, 1.165) is 24.5 Å². The standard InChI is InChI=1S/C16H18N4O2/c21-16(19-12-13-2-1-4-17-11-13)14-3-5-18-15(10-14)20-6-8-22-9-7-20/h1-5,10-11H,6-9,12H2,(H,19,21). The number of hydrogen-bond donors (Lipinski definition) is 1. The molecule has 0 atom stereocenters. The average Bonchev–Trinajstić information content (AvgIpc) is 2.61. The zero-order chi connectivity index (χ0) is 15.2. The van der Waals surface area contributed by atoms with Gasteiger partial charge in [0.05, 0.1) is 13.2 Å². The van der Waals surface area contributed by atoms with Crippen molar-refractivity contribution in [2.75, 3.05) is 31.2 Å². The normalized spacial score (nSPS) is 14.6. The molecule has 0 unspecified atom stereocenters. The lowest BCUT2D eigenvalue weighted by Crippen LogP contribution is -2.37. The van der Waals surface area contributed by atoms with E-state index < -0.39 is 0 Å². The van der Waals surface area contributed by atoms with Crippen LogP contribution < -0.4 is 10.2 Å². The third kappa shape index (κ3) is 3.59. The van der Waals surface area contributed by atoms with Crippen LogP contribution in [-0.2, 0) is 11.3 Å². The van der Waals surface area contributed by atoms with Gasteiger partial charge in [0.1, 0.15) is 5.82 Å². The van der Waals surface area contributed by atoms with Crippen molar-refractivity contribution >= 4 is 11.7 Å². The first-order valence-electron chi connectivity index (χ1n) is 7.29. The van der Waals surface area contributed by atoms with E-state index in [9.17, 15) is 4.79 Å². The summed E-state index contributed by atoms with van der Waals surface area (Å²) < 4.78 is 5.33. The Hall–Kier alpha value is -2.47. The second kappa shape index (κ2) is 7.00. The molecular weight excluding hydrogens is 280 g/mol. The van der Waals surface area contributed by atoms with Crippen molar-refractivity contribution in [1.82, 2.24) is 15.3 Å². The Labute approximate surface area is 129 Å². The summed E-state index contributed by atoms with van der Waals surface area (Å²) in [6.07, 6.45) is 5.12. The number of carbonyl (C=O) groups excluding carboxylic acids is 1. The molecule has 6 heteroatoms. The molecule has 0 radical (unpaired) electrons. The number of rotatable bonds is 4. The van der Waals surface area contributed by atoms with Crippen LogP contribution in [0, 0.1) is 0 Å². The Morgan fingerprint density at radius 1 is 1.27 bits per heavy atom. The van der Waals surface area contributed by atoms with Gasteiger partial charge in [0.15, 0.2) is 0 Å². The number of ether oxygens (including phenoxy) is 1. The second-order valence-electron chi connectivity index (χ2n) is 5.05. The minimum Gasteiger partial charge on any atom is -0.378 e. The summed E-state index contributed by atoms with van der Waals surface area (Å²) in [6.45, 7) is 3.45. The van der Waals surface area contributed by atoms with Crippen LogP contribution in [0.5, 0.6) is 0 Å². The van der Waals surface area contributed by atoms with Gasteiger partial charge >= 0.3 is 0 Å². The summed E-state index contributed by atoms with van der Waals surface area (Å²) in [7, 11) is 0. The third-order valence-corrected chi connectivity index (χ3v) is 3.52. The van der Waals surface area contributed by atoms with Crippen LogP contribution in [0.15, 0.2) is 42.9 Å². The molecule has 0 bridgehead atoms. The molecule has 1 amide bonds. The van der Waals surface area contributed by atoms with Crippen LogP contribution in [0.25, 0.3) is 0 Å². The summed E-state index contributed by atoms with van der Waals surface area (Å²) in [6, 6.07) is 7.33. The van der Waals surface area contributed by atoms with Crippen molar-refractivity contribution in [3.8, 4) is 0 Å². The van der Waals surface area contributed by atoms with Crippen molar-refractivity contribution in [1.29, 1.82) is 0 Å². The highest BCUT2D eigenvalue weighted by atomic mass is 16.5. The van der Waals surface area contributed by atoms with Crippen LogP contribution in [0.1, 0.15) is 15.9 Å². The molecule has 22 heavy (non-hydrogen) atoms. The maximum atomic E-state index is 12.3. The first-order chi connectivity index (χ1) is 10.8. The van der Waals surface area contributed by atoms with Crippen molar-refractivity contribution in [2.24, 2.45) is 0 Å². The molecule has 2 aromatic rings. The molecule has 1 aliphatic heterocycles. The molecule has 0 spiro atoms. The van der Waals surface area contributed by atoms with Gasteiger partial charge in [-0.05, 0) is 23.8 Å². The monoisotopic (exact) mass is 298 g/mol. The Morgan fingerprint density at radius 3 is 2.91 bits per heavy atom. The minimum atomic E-state index is -0.110. The topological polar surface area (TPSA) is 67.4 Å². The maximum absolute atomic E-state index is 12.3. The second-order valence-corrected chi connectivity index (χ2v) is 5.05. The quantitative estimate of drug-likeness (QED) is 0.920. The number of nitrogens with one attached hydrogen (secondary N) is 1. The van der Waals surface area contributed by atoms with E-state index in [1.165, 1.54) is 0 Å². The van der Waals surface area contributed by atoms with Crippen LogP contribution in [0.2, 0.25) is 0 Å². The first-order valence-corrected chi connectivity index (χ1v) is 7.29. The molecule has 1 saturated heterocycles. The largest absolute Gasteiger partial charge is 0.378 e. The van der Waals surface area contributed by atoms with E-state index in [0.29, 0.717) is 25.3 Å². The Balaban J connectivity index is 1.64. The van der Waals surface area contributed by atoms with E-state index in [2.05, 4.69) is 20.2 Å². The zero-order valence-corrected chi connectivity index (χ0v) is 12.2. The highest BCUT2D eigenvalue weighted by Gasteiger charge is 2.14. The number of carbonyl (C=O) groups is 1. The molecule has 3 heterocycles. The molecule has 1 N–H and O–H groups in total. The van der Waals surface area contributed by atoms with E-state index in [-0.39, 0.29) is 5.91 Å². The average molecular weight is 298 g/mol. The molecule has 6 nitrogen and oxygen atoms in total. The summed E-state index contributed by atoms with van der Waals surface area (Å²) in [5.41, 5.74) is 1.58. The van der Waals surface area contributed by atoms with Gasteiger partial charge in [-0.15, -0.1) is 0 Å². The maximum Gasteiger partial charge on any atom is 0.251 e. The van der Waals surface area contributed by atoms with Crippen LogP contribution in [-0.4, -0.2) is 42.2 Å². The lowest BCUT2D eigenvalue weighted by atomic mass is 10.2. The number of morpholine rings is 1. The Kier molecular flexibility index (Phi) is 4.60. The summed E-state index contributed by atoms with van der Waals surface area (Å²) in [4.78, 5) is 22.8. The van der Waals surface area contributed by atoms with E-state index in [1.807, 2.05) is 18.2 Å². The van der Waals surface area contributed by atoms with Gasteiger partial charge in [0, 0.05) is 43.8 Å². The van der Waals surface area contributed by atoms with E-state index in [4.69, 9.17) is 4.74 Å². The molecule has 0 aromatic carbocycles. The number of amides is 1. The third-order valence-electron chi connectivity index (χ3n) is 3.52. The first kappa shape index (κ1) is 14.5. The van der Waals surface area contributed by atoms with Crippen molar-refractivity contribution in [3.05, 3.63) is 54.0 Å². The molecule has 0 saturated carbocycles.